The molecule has 19 heavy (non-hydrogen) atoms. The van der Waals surface area contributed by atoms with Gasteiger partial charge in [0.05, 0.1) is 9.13 Å². The molecule has 0 aliphatic heterocycles. The minimum Gasteiger partial charge on any atom is -0.486 e. The number of carboxylic acid groups (broad SMARTS) is 1. The van der Waals surface area contributed by atoms with E-state index in [4.69, 9.17) is 9.84 Å². The van der Waals surface area contributed by atoms with Crippen molar-refractivity contribution in [2.75, 3.05) is 0 Å². The van der Waals surface area contributed by atoms with E-state index in [1.165, 1.54) is 12.8 Å². The van der Waals surface area contributed by atoms with Crippen LogP contribution in [0.1, 0.15) is 49.9 Å². The van der Waals surface area contributed by atoms with Gasteiger partial charge in [-0.3, -0.25) is 0 Å². The number of carboxylic acids is 1. The molecular formula is C15H19IO3. The van der Waals surface area contributed by atoms with E-state index in [0.29, 0.717) is 11.7 Å². The number of halogens is 1. The molecule has 0 spiro atoms. The highest BCUT2D eigenvalue weighted by Crippen LogP contribution is 2.41. The van der Waals surface area contributed by atoms with Crippen molar-refractivity contribution in [1.29, 1.82) is 0 Å². The van der Waals surface area contributed by atoms with Gasteiger partial charge in [0.1, 0.15) is 11.4 Å². The zero-order valence-corrected chi connectivity index (χ0v) is 13.4. The molecule has 1 fully saturated rings. The second kappa shape index (κ2) is 5.69. The fourth-order valence-corrected chi connectivity index (χ4v) is 3.15. The molecule has 0 heterocycles. The topological polar surface area (TPSA) is 46.5 Å². The number of ether oxygens (including phenoxy) is 1. The monoisotopic (exact) mass is 374 g/mol. The highest BCUT2D eigenvalue weighted by Gasteiger charge is 2.39. The first kappa shape index (κ1) is 14.6. The molecule has 1 N–H and O–H groups in total. The number of hydrogen-bond donors (Lipinski definition) is 1. The molecule has 0 bridgehead atoms. The lowest BCUT2D eigenvalue weighted by Crippen LogP contribution is -2.38. The van der Waals surface area contributed by atoms with Crippen molar-refractivity contribution in [3.05, 3.63) is 27.3 Å². The summed E-state index contributed by atoms with van der Waals surface area (Å²) in [5.41, 5.74) is 0.157. The summed E-state index contributed by atoms with van der Waals surface area (Å²) < 4.78 is 7.24. The van der Waals surface area contributed by atoms with Gasteiger partial charge in [-0.15, -0.1) is 0 Å². The van der Waals surface area contributed by atoms with E-state index < -0.39 is 5.97 Å². The van der Waals surface area contributed by atoms with Crippen LogP contribution in [0, 0.1) is 9.49 Å². The van der Waals surface area contributed by atoms with Crippen molar-refractivity contribution < 1.29 is 14.6 Å². The summed E-state index contributed by atoms with van der Waals surface area (Å²) >= 11 is 2.20. The third-order valence-electron chi connectivity index (χ3n) is 3.99. The molecular weight excluding hydrogens is 355 g/mol. The fourth-order valence-electron chi connectivity index (χ4n) is 2.70. The van der Waals surface area contributed by atoms with Crippen molar-refractivity contribution in [1.82, 2.24) is 0 Å². The van der Waals surface area contributed by atoms with Crippen LogP contribution in [-0.2, 0) is 0 Å². The Balaban J connectivity index is 2.31. The molecule has 0 radical (unpaired) electrons. The van der Waals surface area contributed by atoms with Gasteiger partial charge in [-0.2, -0.15) is 0 Å². The highest BCUT2D eigenvalue weighted by atomic mass is 127. The van der Waals surface area contributed by atoms with E-state index in [-0.39, 0.29) is 11.2 Å². The van der Waals surface area contributed by atoms with Gasteiger partial charge in [-0.05, 0) is 72.4 Å². The largest absolute Gasteiger partial charge is 0.486 e. The van der Waals surface area contributed by atoms with Crippen molar-refractivity contribution in [3.8, 4) is 5.75 Å². The Morgan fingerprint density at radius 2 is 2.00 bits per heavy atom. The quantitative estimate of drug-likeness (QED) is 0.798. The molecule has 0 aromatic heterocycles. The van der Waals surface area contributed by atoms with Gasteiger partial charge in [0.15, 0.2) is 0 Å². The van der Waals surface area contributed by atoms with Gasteiger partial charge < -0.3 is 9.84 Å². The van der Waals surface area contributed by atoms with Gasteiger partial charge in [0.25, 0.3) is 0 Å². The lowest BCUT2D eigenvalue weighted by atomic mass is 9.88. The maximum atomic E-state index is 11.1. The molecule has 0 unspecified atom stereocenters. The average molecular weight is 374 g/mol. The van der Waals surface area contributed by atoms with Crippen molar-refractivity contribution >= 4 is 28.6 Å². The first-order valence-corrected chi connectivity index (χ1v) is 7.74. The molecule has 1 saturated carbocycles. The molecule has 104 valence electrons. The van der Waals surface area contributed by atoms with Crippen LogP contribution in [0.5, 0.6) is 5.75 Å². The van der Waals surface area contributed by atoms with Gasteiger partial charge >= 0.3 is 5.97 Å². The van der Waals surface area contributed by atoms with Crippen LogP contribution in [-0.4, -0.2) is 16.7 Å². The van der Waals surface area contributed by atoms with E-state index in [2.05, 4.69) is 36.4 Å². The summed E-state index contributed by atoms with van der Waals surface area (Å²) in [6.45, 7) is 4.36. The normalized spacial score (nSPS) is 17.7. The predicted molar refractivity (Wildman–Crippen MR) is 82.8 cm³/mol. The van der Waals surface area contributed by atoms with Gasteiger partial charge in [0.2, 0.25) is 0 Å². The third-order valence-corrected chi connectivity index (χ3v) is 4.88. The Labute approximate surface area is 127 Å². The second-order valence-corrected chi connectivity index (χ2v) is 6.64. The summed E-state index contributed by atoms with van der Waals surface area (Å²) in [5, 5.41) is 9.08. The zero-order chi connectivity index (χ0) is 14.0. The minimum atomic E-state index is -0.911. The zero-order valence-electron chi connectivity index (χ0n) is 11.3. The third kappa shape index (κ3) is 3.04. The summed E-state index contributed by atoms with van der Waals surface area (Å²) in [7, 11) is 0. The van der Waals surface area contributed by atoms with Gasteiger partial charge in [0, 0.05) is 0 Å². The average Bonchev–Trinajstić information content (AvgIpc) is 2.81. The number of aromatic carboxylic acids is 1. The molecule has 1 aliphatic carbocycles. The maximum absolute atomic E-state index is 11.1. The van der Waals surface area contributed by atoms with Crippen molar-refractivity contribution in [2.45, 2.75) is 45.1 Å². The molecule has 0 amide bonds. The Bertz CT molecular complexity index is 476. The van der Waals surface area contributed by atoms with Crippen LogP contribution in [0.15, 0.2) is 18.2 Å². The standard InChI is InChI=1S/C15H19IO3/c1-10(2)15(7-3-4-8-15)19-13-9-11(14(17)18)5-6-12(13)16/h5-6,9-10H,3-4,7-8H2,1-2H3,(H,17,18). The molecule has 1 aromatic rings. The minimum absolute atomic E-state index is 0.128. The van der Waals surface area contributed by atoms with E-state index in [1.807, 2.05) is 6.07 Å². The lowest BCUT2D eigenvalue weighted by Gasteiger charge is -2.34. The predicted octanol–water partition coefficient (Wildman–Crippen LogP) is 4.34. The first-order chi connectivity index (χ1) is 8.94. The van der Waals surface area contributed by atoms with Crippen LogP contribution < -0.4 is 4.74 Å². The maximum Gasteiger partial charge on any atom is 0.335 e. The van der Waals surface area contributed by atoms with Crippen LogP contribution in [0.25, 0.3) is 0 Å². The Morgan fingerprint density at radius 3 is 2.53 bits per heavy atom. The molecule has 1 aromatic carbocycles. The molecule has 4 heteroatoms. The van der Waals surface area contributed by atoms with E-state index >= 15 is 0 Å². The Morgan fingerprint density at radius 1 is 1.37 bits per heavy atom. The molecule has 1 aliphatic rings. The highest BCUT2D eigenvalue weighted by molar-refractivity contribution is 14.1. The van der Waals surface area contributed by atoms with Crippen LogP contribution in [0.4, 0.5) is 0 Å². The Hall–Kier alpha value is -0.780. The van der Waals surface area contributed by atoms with Crippen LogP contribution in [0.3, 0.4) is 0 Å². The molecule has 2 rings (SSSR count). The molecule has 3 nitrogen and oxygen atoms in total. The number of benzene rings is 1. The van der Waals surface area contributed by atoms with Gasteiger partial charge in [-0.25, -0.2) is 4.79 Å². The number of carbonyl (C=O) groups is 1. The lowest BCUT2D eigenvalue weighted by molar-refractivity contribution is 0.0278. The smallest absolute Gasteiger partial charge is 0.335 e. The van der Waals surface area contributed by atoms with E-state index in [9.17, 15) is 4.79 Å². The first-order valence-electron chi connectivity index (χ1n) is 6.66. The Kier molecular flexibility index (Phi) is 4.38. The van der Waals surface area contributed by atoms with Crippen molar-refractivity contribution in [2.24, 2.45) is 5.92 Å². The second-order valence-electron chi connectivity index (χ2n) is 5.48. The summed E-state index contributed by atoms with van der Waals surface area (Å²) in [5.74, 6) is 0.224. The summed E-state index contributed by atoms with van der Waals surface area (Å²) in [4.78, 5) is 11.1. The molecule has 0 saturated heterocycles. The summed E-state index contributed by atoms with van der Waals surface area (Å²) in [6.07, 6.45) is 4.48. The molecule has 0 atom stereocenters. The number of hydrogen-bond acceptors (Lipinski definition) is 2. The number of rotatable bonds is 4. The summed E-state index contributed by atoms with van der Waals surface area (Å²) in [6, 6.07) is 5.07. The van der Waals surface area contributed by atoms with Crippen LogP contribution >= 0.6 is 22.6 Å². The fraction of sp³-hybridized carbons (Fsp3) is 0.533. The van der Waals surface area contributed by atoms with Crippen LogP contribution in [0.2, 0.25) is 0 Å². The van der Waals surface area contributed by atoms with Crippen molar-refractivity contribution in [3.63, 3.8) is 0 Å². The SMILES string of the molecule is CC(C)C1(Oc2cc(C(=O)O)ccc2I)CCCC1. The van der Waals surface area contributed by atoms with E-state index in [1.54, 1.807) is 12.1 Å². The van der Waals surface area contributed by atoms with Gasteiger partial charge in [-0.1, -0.05) is 13.8 Å². The van der Waals surface area contributed by atoms with E-state index in [0.717, 1.165) is 16.4 Å².